The van der Waals surface area contributed by atoms with Gasteiger partial charge < -0.3 is 9.47 Å². The Balaban J connectivity index is 1.86. The van der Waals surface area contributed by atoms with Crippen LogP contribution in [-0.4, -0.2) is 35.8 Å². The maximum Gasteiger partial charge on any atom is 0.411 e. The van der Waals surface area contributed by atoms with Gasteiger partial charge in [0.1, 0.15) is 11.4 Å². The van der Waals surface area contributed by atoms with E-state index in [0.29, 0.717) is 0 Å². The van der Waals surface area contributed by atoms with E-state index in [4.69, 9.17) is 9.47 Å². The van der Waals surface area contributed by atoms with E-state index in [1.165, 1.54) is 11.1 Å². The van der Waals surface area contributed by atoms with Crippen LogP contribution >= 0.6 is 0 Å². The minimum absolute atomic E-state index is 0.125. The molecule has 2 atom stereocenters. The number of benzene rings is 1. The summed E-state index contributed by atoms with van der Waals surface area (Å²) >= 11 is 0. The zero-order valence-corrected chi connectivity index (χ0v) is 15.3. The summed E-state index contributed by atoms with van der Waals surface area (Å²) in [5.41, 5.74) is 3.15. The first kappa shape index (κ1) is 16.9. The molecule has 4 heteroatoms. The van der Waals surface area contributed by atoms with Gasteiger partial charge in [0.05, 0.1) is 13.2 Å². The van der Waals surface area contributed by atoms with Gasteiger partial charge in [-0.2, -0.15) is 0 Å². The minimum Gasteiger partial charge on any atom is -0.496 e. The zero-order valence-electron chi connectivity index (χ0n) is 15.3. The highest BCUT2D eigenvalue weighted by molar-refractivity contribution is 5.77. The van der Waals surface area contributed by atoms with E-state index < -0.39 is 5.60 Å². The molecule has 1 aromatic rings. The summed E-state index contributed by atoms with van der Waals surface area (Å²) in [6.07, 6.45) is 4.91. The summed E-state index contributed by atoms with van der Waals surface area (Å²) in [7, 11) is 1.71. The number of hydrogen-bond donors (Lipinski definition) is 0. The fourth-order valence-electron chi connectivity index (χ4n) is 3.69. The summed E-state index contributed by atoms with van der Waals surface area (Å²) in [5, 5.41) is 0. The van der Waals surface area contributed by atoms with Gasteiger partial charge in [0.15, 0.2) is 0 Å². The molecule has 2 aliphatic heterocycles. The van der Waals surface area contributed by atoms with Crippen molar-refractivity contribution in [1.82, 2.24) is 4.90 Å². The first-order valence-electron chi connectivity index (χ1n) is 8.65. The maximum atomic E-state index is 12.5. The Hall–Kier alpha value is -1.97. The van der Waals surface area contributed by atoms with Gasteiger partial charge in [0.25, 0.3) is 0 Å². The van der Waals surface area contributed by atoms with Crippen molar-refractivity contribution in [1.29, 1.82) is 0 Å². The van der Waals surface area contributed by atoms with Crippen LogP contribution in [0.5, 0.6) is 5.75 Å². The third-order valence-corrected chi connectivity index (χ3v) is 4.70. The van der Waals surface area contributed by atoms with Crippen LogP contribution in [0.15, 0.2) is 24.3 Å². The molecule has 0 radical (unpaired) electrons. The standard InChI is InChI=1S/C20H27NO3/c1-13-6-9-17(18(10-13)23-5)14-11-15-7-8-16(12-14)21(15)19(22)24-20(2,3)4/h6,9-11,15-16H,7-8,12H2,1-5H3. The molecule has 0 aliphatic carbocycles. The Kier molecular flexibility index (Phi) is 4.33. The predicted molar refractivity (Wildman–Crippen MR) is 95.2 cm³/mol. The van der Waals surface area contributed by atoms with Gasteiger partial charge in [-0.25, -0.2) is 4.79 Å². The molecule has 4 nitrogen and oxygen atoms in total. The number of amides is 1. The number of rotatable bonds is 2. The molecule has 0 aromatic heterocycles. The van der Waals surface area contributed by atoms with Gasteiger partial charge in [-0.15, -0.1) is 0 Å². The van der Waals surface area contributed by atoms with E-state index >= 15 is 0 Å². The molecule has 0 spiro atoms. The molecule has 1 saturated heterocycles. The normalized spacial score (nSPS) is 23.0. The van der Waals surface area contributed by atoms with Crippen molar-refractivity contribution in [2.45, 2.75) is 64.6 Å². The van der Waals surface area contributed by atoms with E-state index in [1.807, 2.05) is 25.7 Å². The summed E-state index contributed by atoms with van der Waals surface area (Å²) in [6.45, 7) is 7.80. The summed E-state index contributed by atoms with van der Waals surface area (Å²) in [4.78, 5) is 14.5. The van der Waals surface area contributed by atoms with Crippen LogP contribution < -0.4 is 4.74 Å². The molecular formula is C20H27NO3. The van der Waals surface area contributed by atoms with Crippen molar-refractivity contribution in [3.05, 3.63) is 35.4 Å². The largest absolute Gasteiger partial charge is 0.496 e. The maximum absolute atomic E-state index is 12.5. The first-order valence-corrected chi connectivity index (χ1v) is 8.65. The van der Waals surface area contributed by atoms with Crippen LogP contribution in [0.2, 0.25) is 0 Å². The van der Waals surface area contributed by atoms with E-state index in [1.54, 1.807) is 7.11 Å². The highest BCUT2D eigenvalue weighted by Gasteiger charge is 2.41. The van der Waals surface area contributed by atoms with Crippen molar-refractivity contribution < 1.29 is 14.3 Å². The third kappa shape index (κ3) is 3.28. The Morgan fingerprint density at radius 1 is 1.25 bits per heavy atom. The molecule has 3 rings (SSSR count). The zero-order chi connectivity index (χ0) is 17.5. The molecule has 0 N–H and O–H groups in total. The Labute approximate surface area is 144 Å². The van der Waals surface area contributed by atoms with Gasteiger partial charge in [-0.3, -0.25) is 4.90 Å². The number of aryl methyl sites for hydroxylation is 1. The third-order valence-electron chi connectivity index (χ3n) is 4.70. The van der Waals surface area contributed by atoms with E-state index in [2.05, 4.69) is 31.2 Å². The topological polar surface area (TPSA) is 38.8 Å². The quantitative estimate of drug-likeness (QED) is 0.798. The number of ether oxygens (including phenoxy) is 2. The molecule has 1 amide bonds. The van der Waals surface area contributed by atoms with Gasteiger partial charge in [0, 0.05) is 11.6 Å². The molecule has 1 fully saturated rings. The fraction of sp³-hybridized carbons (Fsp3) is 0.550. The van der Waals surface area contributed by atoms with E-state index in [-0.39, 0.29) is 18.2 Å². The highest BCUT2D eigenvalue weighted by atomic mass is 16.6. The first-order chi connectivity index (χ1) is 11.3. The van der Waals surface area contributed by atoms with Crippen molar-refractivity contribution in [3.63, 3.8) is 0 Å². The lowest BCUT2D eigenvalue weighted by Gasteiger charge is -2.35. The van der Waals surface area contributed by atoms with Crippen molar-refractivity contribution in [3.8, 4) is 5.75 Å². The number of carbonyl (C=O) groups is 1. The monoisotopic (exact) mass is 329 g/mol. The number of fused-ring (bicyclic) bond motifs is 2. The molecular weight excluding hydrogens is 302 g/mol. The molecule has 2 bridgehead atoms. The van der Waals surface area contributed by atoms with Crippen LogP contribution in [0.25, 0.3) is 5.57 Å². The lowest BCUT2D eigenvalue weighted by atomic mass is 9.93. The molecule has 0 saturated carbocycles. The SMILES string of the molecule is COc1cc(C)ccc1C1=CC2CCC(C1)N2C(=O)OC(C)(C)C. The Morgan fingerprint density at radius 3 is 2.62 bits per heavy atom. The Bertz CT molecular complexity index is 672. The summed E-state index contributed by atoms with van der Waals surface area (Å²) in [5.74, 6) is 0.909. The number of hydrogen-bond acceptors (Lipinski definition) is 3. The second kappa shape index (κ2) is 6.15. The van der Waals surface area contributed by atoms with E-state index in [0.717, 1.165) is 30.6 Å². The van der Waals surface area contributed by atoms with Crippen molar-refractivity contribution >= 4 is 11.7 Å². The number of nitrogens with zero attached hydrogens (tertiary/aromatic N) is 1. The van der Waals surface area contributed by atoms with Crippen LogP contribution in [0.4, 0.5) is 4.79 Å². The average molecular weight is 329 g/mol. The smallest absolute Gasteiger partial charge is 0.411 e. The van der Waals surface area contributed by atoms with Gasteiger partial charge in [0.2, 0.25) is 0 Å². The van der Waals surface area contributed by atoms with Gasteiger partial charge in [-0.05, 0) is 64.2 Å². The number of methoxy groups -OCH3 is 1. The molecule has 2 unspecified atom stereocenters. The van der Waals surface area contributed by atoms with Crippen LogP contribution in [0.3, 0.4) is 0 Å². The molecule has 24 heavy (non-hydrogen) atoms. The van der Waals surface area contributed by atoms with Crippen LogP contribution in [0.1, 0.15) is 51.2 Å². The Morgan fingerprint density at radius 2 is 2.00 bits per heavy atom. The molecule has 2 aliphatic rings. The number of carbonyl (C=O) groups excluding carboxylic acids is 1. The second-order valence-corrected chi connectivity index (χ2v) is 7.79. The van der Waals surface area contributed by atoms with Crippen LogP contribution in [0, 0.1) is 6.92 Å². The average Bonchev–Trinajstić information content (AvgIpc) is 2.76. The summed E-state index contributed by atoms with van der Waals surface area (Å²) in [6, 6.07) is 6.65. The van der Waals surface area contributed by atoms with Crippen molar-refractivity contribution in [2.24, 2.45) is 0 Å². The van der Waals surface area contributed by atoms with Crippen LogP contribution in [-0.2, 0) is 4.74 Å². The molecule has 130 valence electrons. The van der Waals surface area contributed by atoms with Gasteiger partial charge in [-0.1, -0.05) is 18.2 Å². The molecule has 1 aromatic carbocycles. The summed E-state index contributed by atoms with van der Waals surface area (Å²) < 4.78 is 11.2. The van der Waals surface area contributed by atoms with Gasteiger partial charge >= 0.3 is 6.09 Å². The van der Waals surface area contributed by atoms with Crippen molar-refractivity contribution in [2.75, 3.05) is 7.11 Å². The predicted octanol–water partition coefficient (Wildman–Crippen LogP) is 4.56. The lowest BCUT2D eigenvalue weighted by Crippen LogP contribution is -2.45. The lowest BCUT2D eigenvalue weighted by molar-refractivity contribution is 0.0175. The van der Waals surface area contributed by atoms with E-state index in [9.17, 15) is 4.79 Å². The molecule has 2 heterocycles. The second-order valence-electron chi connectivity index (χ2n) is 7.79. The fourth-order valence-corrected chi connectivity index (χ4v) is 3.69. The minimum atomic E-state index is -0.458. The highest BCUT2D eigenvalue weighted by Crippen LogP contribution is 2.41.